The Morgan fingerprint density at radius 3 is 2.84 bits per heavy atom. The molecule has 130 valence electrons. The molecule has 1 saturated carbocycles. The maximum Gasteiger partial charge on any atom is 0.231 e. The Kier molecular flexibility index (Phi) is 4.48. The number of pyridine rings is 1. The molecule has 0 bridgehead atoms. The SMILES string of the molecule is Cc1nc(Cl)cc2sc(N(CCCn3cccc3)C(=O)C3CC3)nc12. The van der Waals surface area contributed by atoms with Crippen LogP contribution >= 0.6 is 22.9 Å². The van der Waals surface area contributed by atoms with Crippen LogP contribution in [0, 0.1) is 12.8 Å². The van der Waals surface area contributed by atoms with Gasteiger partial charge in [0, 0.05) is 31.4 Å². The Morgan fingerprint density at radius 1 is 1.36 bits per heavy atom. The average molecular weight is 375 g/mol. The van der Waals surface area contributed by atoms with Gasteiger partial charge in [0.05, 0.1) is 10.4 Å². The third-order valence-corrected chi connectivity index (χ3v) is 5.62. The summed E-state index contributed by atoms with van der Waals surface area (Å²) in [7, 11) is 0. The van der Waals surface area contributed by atoms with Crippen molar-refractivity contribution in [2.75, 3.05) is 11.4 Å². The molecule has 0 atom stereocenters. The van der Waals surface area contributed by atoms with Gasteiger partial charge in [-0.2, -0.15) is 0 Å². The van der Waals surface area contributed by atoms with Crippen molar-refractivity contribution in [2.45, 2.75) is 32.7 Å². The van der Waals surface area contributed by atoms with E-state index in [-0.39, 0.29) is 11.8 Å². The molecule has 0 saturated heterocycles. The second-order valence-corrected chi connectivity index (χ2v) is 7.81. The number of fused-ring (bicyclic) bond motifs is 1. The number of carbonyl (C=O) groups is 1. The molecule has 25 heavy (non-hydrogen) atoms. The lowest BCUT2D eigenvalue weighted by atomic mass is 10.3. The number of hydrogen-bond acceptors (Lipinski definition) is 4. The predicted octanol–water partition coefficient (Wildman–Crippen LogP) is 4.29. The van der Waals surface area contributed by atoms with Crippen LogP contribution in [0.4, 0.5) is 5.13 Å². The van der Waals surface area contributed by atoms with Crippen LogP contribution in [0.25, 0.3) is 10.2 Å². The van der Waals surface area contributed by atoms with Gasteiger partial charge in [0.2, 0.25) is 5.91 Å². The van der Waals surface area contributed by atoms with Crippen molar-refractivity contribution < 1.29 is 4.79 Å². The first kappa shape index (κ1) is 16.5. The number of rotatable bonds is 6. The van der Waals surface area contributed by atoms with Crippen LogP contribution in [-0.4, -0.2) is 27.0 Å². The van der Waals surface area contributed by atoms with E-state index in [0.29, 0.717) is 11.7 Å². The summed E-state index contributed by atoms with van der Waals surface area (Å²) in [6, 6.07) is 5.85. The van der Waals surface area contributed by atoms with E-state index < -0.39 is 0 Å². The topological polar surface area (TPSA) is 51.0 Å². The normalized spacial score (nSPS) is 14.2. The minimum absolute atomic E-state index is 0.168. The number of aromatic nitrogens is 3. The van der Waals surface area contributed by atoms with Crippen molar-refractivity contribution >= 4 is 44.2 Å². The summed E-state index contributed by atoms with van der Waals surface area (Å²) >= 11 is 7.58. The highest BCUT2D eigenvalue weighted by atomic mass is 35.5. The van der Waals surface area contributed by atoms with Crippen LogP contribution < -0.4 is 4.90 Å². The van der Waals surface area contributed by atoms with Crippen LogP contribution in [0.1, 0.15) is 25.0 Å². The van der Waals surface area contributed by atoms with Crippen LogP contribution in [0.3, 0.4) is 0 Å². The van der Waals surface area contributed by atoms with Crippen molar-refractivity contribution in [3.63, 3.8) is 0 Å². The molecule has 3 aromatic heterocycles. The first-order valence-corrected chi connectivity index (χ1v) is 9.67. The van der Waals surface area contributed by atoms with Crippen LogP contribution in [0.2, 0.25) is 5.15 Å². The number of nitrogens with zero attached hydrogens (tertiary/aromatic N) is 4. The van der Waals surface area contributed by atoms with Crippen LogP contribution in [0.15, 0.2) is 30.6 Å². The van der Waals surface area contributed by atoms with E-state index in [1.54, 1.807) is 0 Å². The molecule has 7 heteroatoms. The van der Waals surface area contributed by atoms with Gasteiger partial charge in [-0.3, -0.25) is 9.69 Å². The number of carbonyl (C=O) groups excluding carboxylic acids is 1. The monoisotopic (exact) mass is 374 g/mol. The first-order valence-electron chi connectivity index (χ1n) is 8.47. The Labute approximate surface area is 155 Å². The highest BCUT2D eigenvalue weighted by Gasteiger charge is 2.35. The Hall–Kier alpha value is -1.92. The van der Waals surface area contributed by atoms with Crippen molar-refractivity contribution in [1.82, 2.24) is 14.5 Å². The maximum absolute atomic E-state index is 12.8. The molecule has 3 heterocycles. The molecular formula is C18H19ClN4OS. The quantitative estimate of drug-likeness (QED) is 0.605. The fourth-order valence-electron chi connectivity index (χ4n) is 2.93. The lowest BCUT2D eigenvalue weighted by Crippen LogP contribution is -2.33. The lowest BCUT2D eigenvalue weighted by Gasteiger charge is -2.19. The highest BCUT2D eigenvalue weighted by molar-refractivity contribution is 7.22. The number of aryl methyl sites for hydroxylation is 2. The zero-order chi connectivity index (χ0) is 17.4. The minimum Gasteiger partial charge on any atom is -0.354 e. The molecule has 0 unspecified atom stereocenters. The van der Waals surface area contributed by atoms with Gasteiger partial charge in [-0.15, -0.1) is 0 Å². The van der Waals surface area contributed by atoms with Crippen LogP contribution in [-0.2, 0) is 11.3 Å². The minimum atomic E-state index is 0.168. The van der Waals surface area contributed by atoms with Crippen molar-refractivity contribution in [3.05, 3.63) is 41.4 Å². The molecule has 3 aromatic rings. The molecular weight excluding hydrogens is 356 g/mol. The molecule has 4 rings (SSSR count). The zero-order valence-corrected chi connectivity index (χ0v) is 15.6. The highest BCUT2D eigenvalue weighted by Crippen LogP contribution is 2.36. The van der Waals surface area contributed by atoms with E-state index in [1.165, 1.54) is 11.3 Å². The van der Waals surface area contributed by atoms with Crippen LogP contribution in [0.5, 0.6) is 0 Å². The summed E-state index contributed by atoms with van der Waals surface area (Å²) in [5.41, 5.74) is 1.64. The number of anilines is 1. The van der Waals surface area contributed by atoms with Crippen molar-refractivity contribution in [1.29, 1.82) is 0 Å². The van der Waals surface area contributed by atoms with Gasteiger partial charge in [0.25, 0.3) is 0 Å². The van der Waals surface area contributed by atoms with Crippen molar-refractivity contribution in [2.24, 2.45) is 5.92 Å². The molecule has 0 radical (unpaired) electrons. The molecule has 0 spiro atoms. The van der Waals surface area contributed by atoms with Crippen molar-refractivity contribution in [3.8, 4) is 0 Å². The molecule has 5 nitrogen and oxygen atoms in total. The molecule has 0 N–H and O–H groups in total. The van der Waals surface area contributed by atoms with E-state index in [9.17, 15) is 4.79 Å². The smallest absolute Gasteiger partial charge is 0.231 e. The van der Waals surface area contributed by atoms with Gasteiger partial charge < -0.3 is 4.57 Å². The van der Waals surface area contributed by atoms with Gasteiger partial charge >= 0.3 is 0 Å². The first-order chi connectivity index (χ1) is 12.1. The largest absolute Gasteiger partial charge is 0.354 e. The molecule has 0 aromatic carbocycles. The third-order valence-electron chi connectivity index (χ3n) is 4.40. The fraction of sp³-hybridized carbons (Fsp3) is 0.389. The molecule has 1 aliphatic rings. The van der Waals surface area contributed by atoms with Gasteiger partial charge in [-0.05, 0) is 44.4 Å². The molecule has 0 aliphatic heterocycles. The summed E-state index contributed by atoms with van der Waals surface area (Å²) in [6.07, 6.45) is 6.96. The van der Waals surface area contributed by atoms with E-state index in [2.05, 4.69) is 9.55 Å². The van der Waals surface area contributed by atoms with Gasteiger partial charge in [-0.1, -0.05) is 22.9 Å². The van der Waals surface area contributed by atoms with E-state index in [0.717, 1.165) is 46.8 Å². The standard InChI is InChI=1S/C18H19ClN4OS/c1-12-16-14(11-15(19)20-12)25-18(21-16)23(17(24)13-5-6-13)10-4-9-22-7-2-3-8-22/h2-3,7-8,11,13H,4-6,9-10H2,1H3. The number of thiazole rings is 1. The molecule has 1 aliphatic carbocycles. The summed E-state index contributed by atoms with van der Waals surface area (Å²) in [6.45, 7) is 3.46. The molecule has 1 fully saturated rings. The Balaban J connectivity index is 1.58. The summed E-state index contributed by atoms with van der Waals surface area (Å²) < 4.78 is 3.11. The summed E-state index contributed by atoms with van der Waals surface area (Å²) in [4.78, 5) is 23.6. The lowest BCUT2D eigenvalue weighted by molar-refractivity contribution is -0.119. The summed E-state index contributed by atoms with van der Waals surface area (Å²) in [5.74, 6) is 0.365. The zero-order valence-electron chi connectivity index (χ0n) is 14.0. The third kappa shape index (κ3) is 3.55. The molecule has 1 amide bonds. The van der Waals surface area contributed by atoms with E-state index in [4.69, 9.17) is 16.6 Å². The average Bonchev–Trinajstić information content (AvgIpc) is 3.13. The second-order valence-electron chi connectivity index (χ2n) is 6.41. The summed E-state index contributed by atoms with van der Waals surface area (Å²) in [5, 5.41) is 1.22. The van der Waals surface area contributed by atoms with E-state index >= 15 is 0 Å². The number of amides is 1. The Bertz CT molecular complexity index is 901. The van der Waals surface area contributed by atoms with Gasteiger partial charge in [0.1, 0.15) is 10.7 Å². The maximum atomic E-state index is 12.8. The number of hydrogen-bond donors (Lipinski definition) is 0. The second kappa shape index (κ2) is 6.77. The Morgan fingerprint density at radius 2 is 2.12 bits per heavy atom. The van der Waals surface area contributed by atoms with E-state index in [1.807, 2.05) is 42.4 Å². The van der Waals surface area contributed by atoms with Gasteiger partial charge in [-0.25, -0.2) is 9.97 Å². The fourth-order valence-corrected chi connectivity index (χ4v) is 4.31. The number of halogens is 1. The van der Waals surface area contributed by atoms with Gasteiger partial charge in [0.15, 0.2) is 5.13 Å². The predicted molar refractivity (Wildman–Crippen MR) is 101 cm³/mol.